The molecule has 0 atom stereocenters. The van der Waals surface area contributed by atoms with E-state index in [-0.39, 0.29) is 0 Å². The van der Waals surface area contributed by atoms with Crippen LogP contribution in [0.1, 0.15) is 19.3 Å². The van der Waals surface area contributed by atoms with Gasteiger partial charge in [-0.2, -0.15) is 0 Å². The van der Waals surface area contributed by atoms with Gasteiger partial charge in [0.05, 0.1) is 7.11 Å². The molecule has 0 aliphatic carbocycles. The highest BCUT2D eigenvalue weighted by Crippen LogP contribution is 2.06. The van der Waals surface area contributed by atoms with E-state index in [2.05, 4.69) is 12.3 Å². The van der Waals surface area contributed by atoms with Crippen molar-refractivity contribution in [1.29, 1.82) is 0 Å². The Morgan fingerprint density at radius 2 is 2.30 bits per heavy atom. The average molecular weight is 161 g/mol. The smallest absolute Gasteiger partial charge is 0.137 e. The maximum atomic E-state index is 5.49. The molecule has 58 valence electrons. The van der Waals surface area contributed by atoms with Crippen LogP contribution in [0.5, 0.6) is 0 Å². The van der Waals surface area contributed by atoms with Gasteiger partial charge in [0.15, 0.2) is 0 Å². The molecule has 0 aliphatic heterocycles. The van der Waals surface area contributed by atoms with E-state index in [9.17, 15) is 0 Å². The molecule has 10 heavy (non-hydrogen) atoms. The maximum Gasteiger partial charge on any atom is 0.137 e. The zero-order valence-corrected chi connectivity index (χ0v) is 7.08. The van der Waals surface area contributed by atoms with Crippen LogP contribution >= 0.6 is 11.6 Å². The molecule has 0 N–H and O–H groups in total. The van der Waals surface area contributed by atoms with Crippen LogP contribution < -0.4 is 0 Å². The Kier molecular flexibility index (Phi) is 6.46. The number of hydrogen-bond donors (Lipinski definition) is 0. The van der Waals surface area contributed by atoms with Gasteiger partial charge in [0.25, 0.3) is 0 Å². The van der Waals surface area contributed by atoms with Gasteiger partial charge in [0, 0.05) is 12.3 Å². The minimum atomic E-state index is 0.716. The first-order valence-corrected chi connectivity index (χ1v) is 3.87. The summed E-state index contributed by atoms with van der Waals surface area (Å²) in [5.74, 6) is 1.54. The molecule has 0 aromatic rings. The number of alkyl halides is 1. The fraction of sp³-hybridized carbons (Fsp3) is 0.625. The largest absolute Gasteiger partial charge is 0.493 e. The number of halogens is 1. The first kappa shape index (κ1) is 9.61. The van der Waals surface area contributed by atoms with E-state index in [0.717, 1.165) is 25.0 Å². The zero-order valence-electron chi connectivity index (χ0n) is 6.32. The third kappa shape index (κ3) is 4.49. The van der Waals surface area contributed by atoms with Crippen molar-refractivity contribution in [3.05, 3.63) is 18.1 Å². The van der Waals surface area contributed by atoms with E-state index in [1.807, 2.05) is 0 Å². The monoisotopic (exact) mass is 160 g/mol. The Morgan fingerprint density at radius 3 is 2.70 bits per heavy atom. The van der Waals surface area contributed by atoms with Crippen LogP contribution in [-0.2, 0) is 4.74 Å². The minimum Gasteiger partial charge on any atom is -0.493 e. The van der Waals surface area contributed by atoms with Crippen LogP contribution in [0, 0.1) is 0 Å². The Bertz CT molecular complexity index is 125. The number of hydrogen-bond acceptors (Lipinski definition) is 1. The number of rotatable bonds is 5. The second-order valence-electron chi connectivity index (χ2n) is 1.95. The standard InChI is InChI=1S/C8H13ClO/c1-3-8(10-2)6-4-5-7-9/h1,4-7H2,2H3. The van der Waals surface area contributed by atoms with Crippen molar-refractivity contribution in [1.82, 2.24) is 0 Å². The van der Waals surface area contributed by atoms with Gasteiger partial charge in [0.2, 0.25) is 0 Å². The van der Waals surface area contributed by atoms with E-state index in [1.54, 1.807) is 7.11 Å². The summed E-state index contributed by atoms with van der Waals surface area (Å²) in [6, 6.07) is 0. The summed E-state index contributed by atoms with van der Waals surface area (Å²) in [6.45, 7) is 3.49. The topological polar surface area (TPSA) is 9.23 Å². The minimum absolute atomic E-state index is 0.716. The van der Waals surface area contributed by atoms with Crippen molar-refractivity contribution >= 4 is 11.6 Å². The van der Waals surface area contributed by atoms with Crippen molar-refractivity contribution in [3.63, 3.8) is 0 Å². The van der Waals surface area contributed by atoms with Crippen LogP contribution in [0.3, 0.4) is 0 Å². The number of unbranched alkanes of at least 4 members (excludes halogenated alkanes) is 1. The molecular weight excluding hydrogens is 148 g/mol. The Morgan fingerprint density at radius 1 is 1.60 bits per heavy atom. The Hall–Kier alpha value is -0.390. The van der Waals surface area contributed by atoms with Gasteiger partial charge in [-0.25, -0.2) is 0 Å². The van der Waals surface area contributed by atoms with Crippen molar-refractivity contribution in [2.75, 3.05) is 13.0 Å². The van der Waals surface area contributed by atoms with E-state index >= 15 is 0 Å². The average Bonchev–Trinajstić information content (AvgIpc) is 1.99. The van der Waals surface area contributed by atoms with Crippen molar-refractivity contribution in [3.8, 4) is 0 Å². The molecule has 0 spiro atoms. The number of allylic oxidation sites excluding steroid dienone is 1. The summed E-state index contributed by atoms with van der Waals surface area (Å²) in [7, 11) is 1.63. The second-order valence-corrected chi connectivity index (χ2v) is 2.33. The van der Waals surface area contributed by atoms with Gasteiger partial charge in [-0.15, -0.1) is 11.6 Å². The lowest BCUT2D eigenvalue weighted by Crippen LogP contribution is -1.85. The third-order valence-electron chi connectivity index (χ3n) is 1.23. The Labute approximate surface area is 67.3 Å². The summed E-state index contributed by atoms with van der Waals surface area (Å²) in [5.41, 5.74) is 2.71. The molecule has 0 aliphatic rings. The first-order chi connectivity index (χ1) is 4.85. The highest BCUT2D eigenvalue weighted by molar-refractivity contribution is 6.17. The molecule has 0 unspecified atom stereocenters. The normalized spacial score (nSPS) is 8.60. The summed E-state index contributed by atoms with van der Waals surface area (Å²) in [6.07, 6.45) is 2.97. The molecule has 0 bridgehead atoms. The van der Waals surface area contributed by atoms with Crippen LogP contribution in [0.15, 0.2) is 18.1 Å². The highest BCUT2D eigenvalue weighted by Gasteiger charge is 1.92. The molecular formula is C8H13ClO. The fourth-order valence-corrected chi connectivity index (χ4v) is 0.832. The summed E-state index contributed by atoms with van der Waals surface area (Å²) in [5, 5.41) is 0. The van der Waals surface area contributed by atoms with E-state index < -0.39 is 0 Å². The van der Waals surface area contributed by atoms with E-state index in [0.29, 0.717) is 5.88 Å². The first-order valence-electron chi connectivity index (χ1n) is 3.34. The van der Waals surface area contributed by atoms with Crippen LogP contribution in [0.2, 0.25) is 0 Å². The van der Waals surface area contributed by atoms with E-state index in [1.165, 1.54) is 0 Å². The van der Waals surface area contributed by atoms with E-state index in [4.69, 9.17) is 16.3 Å². The van der Waals surface area contributed by atoms with Gasteiger partial charge in [-0.05, 0) is 12.8 Å². The second kappa shape index (κ2) is 6.73. The van der Waals surface area contributed by atoms with Gasteiger partial charge in [-0.1, -0.05) is 12.3 Å². The van der Waals surface area contributed by atoms with Gasteiger partial charge < -0.3 is 4.74 Å². The molecule has 0 radical (unpaired) electrons. The predicted molar refractivity (Wildman–Crippen MR) is 44.2 cm³/mol. The molecule has 0 amide bonds. The lowest BCUT2D eigenvalue weighted by Gasteiger charge is -2.00. The van der Waals surface area contributed by atoms with Crippen LogP contribution in [0.25, 0.3) is 0 Å². The molecule has 0 heterocycles. The molecule has 0 rings (SSSR count). The van der Waals surface area contributed by atoms with Crippen molar-refractivity contribution < 1.29 is 4.74 Å². The fourth-order valence-electron chi connectivity index (χ4n) is 0.643. The quantitative estimate of drug-likeness (QED) is 0.260. The summed E-state index contributed by atoms with van der Waals surface area (Å²) in [4.78, 5) is 0. The number of methoxy groups -OCH3 is 1. The molecule has 0 fully saturated rings. The molecule has 0 saturated carbocycles. The zero-order chi connectivity index (χ0) is 7.82. The molecule has 1 nitrogen and oxygen atoms in total. The van der Waals surface area contributed by atoms with Crippen LogP contribution in [-0.4, -0.2) is 13.0 Å². The molecule has 0 aromatic heterocycles. The lowest BCUT2D eigenvalue weighted by molar-refractivity contribution is 0.276. The molecule has 0 saturated heterocycles. The molecule has 0 aromatic carbocycles. The van der Waals surface area contributed by atoms with Crippen LogP contribution in [0.4, 0.5) is 0 Å². The van der Waals surface area contributed by atoms with Gasteiger partial charge in [0.1, 0.15) is 5.76 Å². The summed E-state index contributed by atoms with van der Waals surface area (Å²) >= 11 is 5.49. The maximum absolute atomic E-state index is 5.49. The number of ether oxygens (including phenoxy) is 1. The van der Waals surface area contributed by atoms with Crippen molar-refractivity contribution in [2.24, 2.45) is 0 Å². The lowest BCUT2D eigenvalue weighted by atomic mass is 10.2. The third-order valence-corrected chi connectivity index (χ3v) is 1.50. The summed E-state index contributed by atoms with van der Waals surface area (Å²) < 4.78 is 4.95. The molecule has 2 heteroatoms. The predicted octanol–water partition coefficient (Wildman–Crippen LogP) is 2.71. The van der Waals surface area contributed by atoms with Gasteiger partial charge in [-0.3, -0.25) is 0 Å². The SMILES string of the molecule is C=C=C(CCCCCl)OC. The van der Waals surface area contributed by atoms with Crippen molar-refractivity contribution in [2.45, 2.75) is 19.3 Å². The Balaban J connectivity index is 3.37. The highest BCUT2D eigenvalue weighted by atomic mass is 35.5. The van der Waals surface area contributed by atoms with Gasteiger partial charge >= 0.3 is 0 Å².